The van der Waals surface area contributed by atoms with Crippen molar-refractivity contribution in [1.29, 1.82) is 0 Å². The lowest BCUT2D eigenvalue weighted by Gasteiger charge is -2.44. The number of carbonyl (C=O) groups excluding carboxylic acids is 1. The molecule has 0 aromatic heterocycles. The molecule has 2 rings (SSSR count). The minimum atomic E-state index is -0.811. The predicted octanol–water partition coefficient (Wildman–Crippen LogP) is 5.86. The second-order valence-corrected chi connectivity index (χ2v) is 10.8. The Morgan fingerprint density at radius 2 is 1.83 bits per heavy atom. The van der Waals surface area contributed by atoms with E-state index in [0.717, 1.165) is 25.7 Å². The highest BCUT2D eigenvalue weighted by atomic mass is 17.2. The highest BCUT2D eigenvalue weighted by Gasteiger charge is 2.63. The van der Waals surface area contributed by atoms with Gasteiger partial charge in [-0.2, -0.15) is 0 Å². The van der Waals surface area contributed by atoms with Crippen molar-refractivity contribution in [3.05, 3.63) is 12.2 Å². The van der Waals surface area contributed by atoms with E-state index < -0.39 is 11.2 Å². The van der Waals surface area contributed by atoms with Crippen LogP contribution in [-0.2, 0) is 19.3 Å². The fourth-order valence-corrected chi connectivity index (χ4v) is 4.84. The molecule has 0 unspecified atom stereocenters. The van der Waals surface area contributed by atoms with Gasteiger partial charge in [-0.1, -0.05) is 52.5 Å². The second kappa shape index (κ2) is 8.08. The molecule has 0 N–H and O–H groups in total. The van der Waals surface area contributed by atoms with Gasteiger partial charge in [0.1, 0.15) is 0 Å². The van der Waals surface area contributed by atoms with Gasteiger partial charge in [-0.15, -0.1) is 0 Å². The number of hydrogen-bond donors (Lipinski definition) is 0. The summed E-state index contributed by atoms with van der Waals surface area (Å²) < 4.78 is 6.03. The Morgan fingerprint density at radius 3 is 2.31 bits per heavy atom. The summed E-state index contributed by atoms with van der Waals surface area (Å²) in [4.78, 5) is 23.9. The number of rotatable bonds is 7. The molecule has 2 fully saturated rings. The fraction of sp³-hybridized carbons (Fsp3) is 0.800. The average molecular weight is 405 g/mol. The largest absolute Gasteiger partial charge is 0.442 e. The smallest absolute Gasteiger partial charge is 0.334 e. The van der Waals surface area contributed by atoms with Gasteiger partial charge in [0.15, 0.2) is 11.2 Å². The number of ether oxygens (including phenoxy) is 1. The van der Waals surface area contributed by atoms with Crippen LogP contribution < -0.4 is 0 Å². The van der Waals surface area contributed by atoms with Crippen LogP contribution in [0, 0.1) is 35.0 Å². The molecular formula is C25H40O4. The zero-order valence-electron chi connectivity index (χ0n) is 19.9. The van der Waals surface area contributed by atoms with E-state index in [-0.39, 0.29) is 22.9 Å². The Balaban J connectivity index is 2.27. The van der Waals surface area contributed by atoms with E-state index >= 15 is 0 Å². The Kier molecular flexibility index (Phi) is 6.68. The van der Waals surface area contributed by atoms with E-state index in [1.807, 2.05) is 27.7 Å². The van der Waals surface area contributed by atoms with Crippen molar-refractivity contribution >= 4 is 5.97 Å². The lowest BCUT2D eigenvalue weighted by Crippen LogP contribution is -2.47. The van der Waals surface area contributed by atoms with E-state index in [4.69, 9.17) is 14.5 Å². The van der Waals surface area contributed by atoms with Gasteiger partial charge >= 0.3 is 5.97 Å². The van der Waals surface area contributed by atoms with Gasteiger partial charge in [-0.3, -0.25) is 0 Å². The molecule has 4 nitrogen and oxygen atoms in total. The quantitative estimate of drug-likeness (QED) is 0.175. The minimum absolute atomic E-state index is 0.214. The van der Waals surface area contributed by atoms with Crippen molar-refractivity contribution in [3.63, 3.8) is 0 Å². The van der Waals surface area contributed by atoms with Crippen LogP contribution in [0.15, 0.2) is 12.2 Å². The van der Waals surface area contributed by atoms with Gasteiger partial charge in [0.25, 0.3) is 0 Å². The molecule has 0 aromatic rings. The maximum Gasteiger partial charge on any atom is 0.334 e. The minimum Gasteiger partial charge on any atom is -0.442 e. The van der Waals surface area contributed by atoms with Gasteiger partial charge in [0.05, 0.1) is 5.60 Å². The third kappa shape index (κ3) is 5.06. The van der Waals surface area contributed by atoms with Crippen molar-refractivity contribution < 1.29 is 19.3 Å². The summed E-state index contributed by atoms with van der Waals surface area (Å²) in [5.41, 5.74) is -1.34. The van der Waals surface area contributed by atoms with Gasteiger partial charge < -0.3 is 4.74 Å². The normalized spacial score (nSPS) is 30.6. The molecule has 0 spiro atoms. The fourth-order valence-electron chi connectivity index (χ4n) is 4.84. The maximum absolute atomic E-state index is 12.5. The van der Waals surface area contributed by atoms with Crippen LogP contribution in [0.4, 0.5) is 0 Å². The van der Waals surface area contributed by atoms with Crippen LogP contribution >= 0.6 is 0 Å². The molecule has 2 aliphatic carbocycles. The van der Waals surface area contributed by atoms with E-state index in [9.17, 15) is 4.79 Å². The maximum atomic E-state index is 12.5. The molecule has 0 aliphatic heterocycles. The van der Waals surface area contributed by atoms with Gasteiger partial charge in [-0.05, 0) is 64.7 Å². The molecule has 164 valence electrons. The molecule has 0 radical (unpaired) electrons. The van der Waals surface area contributed by atoms with Crippen molar-refractivity contribution in [2.75, 3.05) is 0 Å². The zero-order chi connectivity index (χ0) is 22.3. The first-order valence-corrected chi connectivity index (χ1v) is 11.0. The monoisotopic (exact) mass is 404 g/mol. The molecular weight excluding hydrogens is 364 g/mol. The lowest BCUT2D eigenvalue weighted by molar-refractivity contribution is -0.389. The SMILES string of the molecule is C=C(C)C(=O)O[C@@]1(C#CC(C)(C)OOC(C)(C)CCC)C[C@H]2C[C@H]1[C@H](C)C2(C)C. The van der Waals surface area contributed by atoms with Crippen LogP contribution in [0.5, 0.6) is 0 Å². The molecule has 4 atom stereocenters. The molecule has 0 heterocycles. The van der Waals surface area contributed by atoms with Crippen LogP contribution in [-0.4, -0.2) is 22.8 Å². The first kappa shape index (κ1) is 24.0. The Morgan fingerprint density at radius 1 is 1.21 bits per heavy atom. The highest BCUT2D eigenvalue weighted by Crippen LogP contribution is 2.63. The summed E-state index contributed by atoms with van der Waals surface area (Å²) in [5, 5.41) is 0. The molecule has 2 aliphatic rings. The van der Waals surface area contributed by atoms with Gasteiger partial charge in [0, 0.05) is 17.9 Å². The molecule has 0 saturated heterocycles. The van der Waals surface area contributed by atoms with E-state index in [0.29, 0.717) is 17.4 Å². The molecule has 2 bridgehead atoms. The van der Waals surface area contributed by atoms with Crippen molar-refractivity contribution in [1.82, 2.24) is 0 Å². The molecule has 4 heteroatoms. The summed E-state index contributed by atoms with van der Waals surface area (Å²) in [7, 11) is 0. The van der Waals surface area contributed by atoms with E-state index in [1.54, 1.807) is 6.92 Å². The van der Waals surface area contributed by atoms with Crippen molar-refractivity contribution in [3.8, 4) is 11.8 Å². The van der Waals surface area contributed by atoms with E-state index in [1.165, 1.54) is 0 Å². The Hall–Kier alpha value is -1.31. The van der Waals surface area contributed by atoms with Gasteiger partial charge in [0.2, 0.25) is 0 Å². The summed E-state index contributed by atoms with van der Waals surface area (Å²) in [5.74, 6) is 7.33. The Labute approximate surface area is 177 Å². The summed E-state index contributed by atoms with van der Waals surface area (Å²) >= 11 is 0. The molecule has 0 amide bonds. The third-order valence-corrected chi connectivity index (χ3v) is 7.04. The van der Waals surface area contributed by atoms with Gasteiger partial charge in [-0.25, -0.2) is 14.6 Å². The average Bonchev–Trinajstić information content (AvgIpc) is 3.07. The van der Waals surface area contributed by atoms with E-state index in [2.05, 4.69) is 46.1 Å². The number of esters is 1. The second-order valence-electron chi connectivity index (χ2n) is 10.8. The topological polar surface area (TPSA) is 44.8 Å². The summed E-state index contributed by atoms with van der Waals surface area (Å²) in [6, 6.07) is 0. The molecule has 2 saturated carbocycles. The zero-order valence-corrected chi connectivity index (χ0v) is 19.9. The van der Waals surface area contributed by atoms with Crippen LogP contribution in [0.3, 0.4) is 0 Å². The summed E-state index contributed by atoms with van der Waals surface area (Å²) in [6.45, 7) is 22.2. The van der Waals surface area contributed by atoms with Crippen LogP contribution in [0.2, 0.25) is 0 Å². The molecule has 29 heavy (non-hydrogen) atoms. The predicted molar refractivity (Wildman–Crippen MR) is 116 cm³/mol. The molecule has 0 aromatic carbocycles. The van der Waals surface area contributed by atoms with Crippen LogP contribution in [0.25, 0.3) is 0 Å². The summed E-state index contributed by atoms with van der Waals surface area (Å²) in [6.07, 6.45) is 3.71. The first-order chi connectivity index (χ1) is 13.2. The number of carbonyl (C=O) groups is 1. The highest BCUT2D eigenvalue weighted by molar-refractivity contribution is 5.87. The van der Waals surface area contributed by atoms with Crippen LogP contribution in [0.1, 0.15) is 88.0 Å². The first-order valence-electron chi connectivity index (χ1n) is 11.0. The third-order valence-electron chi connectivity index (χ3n) is 7.04. The van der Waals surface area contributed by atoms with Crippen molar-refractivity contribution in [2.24, 2.45) is 23.2 Å². The standard InChI is InChI=1S/C25H40O4/c1-11-12-22(5,6)28-29-23(7,8)13-14-25(27-21(26)17(2)3)16-19-15-20(25)18(4)24(19,9)10/h18-20H,2,11-12,15-16H2,1,3-10H3/t18-,19+,20-,25-/m0/s1. The van der Waals surface area contributed by atoms with Crippen molar-refractivity contribution in [2.45, 2.75) is 105 Å². The number of fused-ring (bicyclic) bond motifs is 2. The lowest BCUT2D eigenvalue weighted by atomic mass is 9.64. The Bertz CT molecular complexity index is 702. The number of hydrogen-bond acceptors (Lipinski definition) is 4.